The number of carbonyl (C=O) groups excluding carboxylic acids is 1. The molecular weight excluding hydrogens is 414 g/mol. The van der Waals surface area contributed by atoms with Gasteiger partial charge >= 0.3 is 6.03 Å². The van der Waals surface area contributed by atoms with Gasteiger partial charge in [-0.05, 0) is 31.0 Å². The van der Waals surface area contributed by atoms with E-state index in [1.54, 1.807) is 0 Å². The second kappa shape index (κ2) is 8.95. The Morgan fingerprint density at radius 3 is 2.37 bits per heavy atom. The van der Waals surface area contributed by atoms with Crippen molar-refractivity contribution in [3.8, 4) is 0 Å². The van der Waals surface area contributed by atoms with Gasteiger partial charge in [-0.25, -0.2) is 9.18 Å². The lowest BCUT2D eigenvalue weighted by molar-refractivity contribution is 0.242. The summed E-state index contributed by atoms with van der Waals surface area (Å²) in [6.07, 6.45) is 6.72. The third-order valence-electron chi connectivity index (χ3n) is 4.44. The molecule has 3 rings (SSSR count). The number of aromatic nitrogens is 1. The summed E-state index contributed by atoms with van der Waals surface area (Å²) in [7, 11) is 0. The Bertz CT molecular complexity index is 816. The quantitative estimate of drug-likeness (QED) is 0.579. The maximum Gasteiger partial charge on any atom is 0.319 e. The van der Waals surface area contributed by atoms with Crippen LogP contribution in [-0.4, -0.2) is 23.1 Å². The van der Waals surface area contributed by atoms with E-state index in [0.29, 0.717) is 21.4 Å². The highest BCUT2D eigenvalue weighted by molar-refractivity contribution is 6.38. The number of benzene rings is 1. The van der Waals surface area contributed by atoms with Gasteiger partial charge in [0.25, 0.3) is 0 Å². The highest BCUT2D eigenvalue weighted by Crippen LogP contribution is 2.32. The van der Waals surface area contributed by atoms with E-state index in [1.165, 1.54) is 30.6 Å². The van der Waals surface area contributed by atoms with Gasteiger partial charge in [0, 0.05) is 24.1 Å². The molecule has 1 aromatic heterocycles. The molecule has 1 fully saturated rings. The molecule has 3 N–H and O–H groups in total. The molecular formula is C18H18Cl3FN4O. The Kier molecular flexibility index (Phi) is 6.63. The van der Waals surface area contributed by atoms with Gasteiger partial charge in [0.15, 0.2) is 0 Å². The summed E-state index contributed by atoms with van der Waals surface area (Å²) in [6.45, 7) is 0. The molecule has 0 saturated heterocycles. The minimum atomic E-state index is -0.589. The van der Waals surface area contributed by atoms with Crippen LogP contribution in [0.3, 0.4) is 0 Å². The molecule has 1 saturated carbocycles. The molecule has 1 aliphatic rings. The lowest BCUT2D eigenvalue weighted by Crippen LogP contribution is -2.49. The van der Waals surface area contributed by atoms with Crippen molar-refractivity contribution in [2.45, 2.75) is 37.8 Å². The fourth-order valence-electron chi connectivity index (χ4n) is 3.12. The minimum Gasteiger partial charge on any atom is -0.378 e. The Hall–Kier alpha value is -1.76. The van der Waals surface area contributed by atoms with E-state index in [1.807, 2.05) is 0 Å². The highest BCUT2D eigenvalue weighted by Gasteiger charge is 2.27. The zero-order valence-corrected chi connectivity index (χ0v) is 16.5. The summed E-state index contributed by atoms with van der Waals surface area (Å²) in [5.74, 6) is -0.589. The fourth-order valence-corrected chi connectivity index (χ4v) is 3.71. The Morgan fingerprint density at radius 1 is 1.04 bits per heavy atom. The SMILES string of the molecule is O=C(Nc1ccc(Cl)c(F)c1)N[C@@H]1CCCC[C@H]1Nc1c(Cl)cncc1Cl. The van der Waals surface area contributed by atoms with Crippen LogP contribution in [-0.2, 0) is 0 Å². The number of hydrogen-bond donors (Lipinski definition) is 3. The van der Waals surface area contributed by atoms with E-state index >= 15 is 0 Å². The second-order valence-corrected chi connectivity index (χ2v) is 7.57. The second-order valence-electron chi connectivity index (χ2n) is 6.35. The molecule has 27 heavy (non-hydrogen) atoms. The van der Waals surface area contributed by atoms with E-state index in [-0.39, 0.29) is 17.1 Å². The van der Waals surface area contributed by atoms with Gasteiger partial charge in [0.2, 0.25) is 0 Å². The third kappa shape index (κ3) is 5.15. The van der Waals surface area contributed by atoms with E-state index < -0.39 is 11.8 Å². The number of nitrogens with zero attached hydrogens (tertiary/aromatic N) is 1. The number of anilines is 2. The summed E-state index contributed by atoms with van der Waals surface area (Å²) in [5.41, 5.74) is 0.933. The predicted molar refractivity (Wildman–Crippen MR) is 107 cm³/mol. The summed E-state index contributed by atoms with van der Waals surface area (Å²) in [4.78, 5) is 16.3. The fraction of sp³-hybridized carbons (Fsp3) is 0.333. The first-order valence-electron chi connectivity index (χ1n) is 8.52. The molecule has 0 bridgehead atoms. The number of carbonyl (C=O) groups is 1. The van der Waals surface area contributed by atoms with Gasteiger partial charge < -0.3 is 16.0 Å². The molecule has 2 aromatic rings. The number of urea groups is 1. The van der Waals surface area contributed by atoms with Crippen LogP contribution in [0, 0.1) is 5.82 Å². The summed E-state index contributed by atoms with van der Waals surface area (Å²) in [6, 6.07) is 3.53. The van der Waals surface area contributed by atoms with Gasteiger partial charge in [-0.15, -0.1) is 0 Å². The summed E-state index contributed by atoms with van der Waals surface area (Å²) < 4.78 is 13.5. The van der Waals surface area contributed by atoms with E-state index in [0.717, 1.165) is 25.7 Å². The van der Waals surface area contributed by atoms with E-state index in [9.17, 15) is 9.18 Å². The lowest BCUT2D eigenvalue weighted by Gasteiger charge is -2.33. The van der Waals surface area contributed by atoms with Crippen LogP contribution >= 0.6 is 34.8 Å². The van der Waals surface area contributed by atoms with Crippen LogP contribution in [0.5, 0.6) is 0 Å². The van der Waals surface area contributed by atoms with Crippen molar-refractivity contribution in [2.75, 3.05) is 10.6 Å². The number of hydrogen-bond acceptors (Lipinski definition) is 3. The zero-order valence-electron chi connectivity index (χ0n) is 14.2. The molecule has 144 valence electrons. The lowest BCUT2D eigenvalue weighted by atomic mass is 9.90. The Morgan fingerprint density at radius 2 is 1.70 bits per heavy atom. The average Bonchev–Trinajstić information content (AvgIpc) is 2.63. The predicted octanol–water partition coefficient (Wildman–Crippen LogP) is 5.73. The van der Waals surface area contributed by atoms with E-state index in [4.69, 9.17) is 34.8 Å². The third-order valence-corrected chi connectivity index (χ3v) is 5.32. The number of nitrogens with one attached hydrogen (secondary N) is 3. The van der Waals surface area contributed by atoms with Crippen LogP contribution in [0.15, 0.2) is 30.6 Å². The van der Waals surface area contributed by atoms with Crippen molar-refractivity contribution in [1.29, 1.82) is 0 Å². The highest BCUT2D eigenvalue weighted by atomic mass is 35.5. The number of amides is 2. The first kappa shape index (κ1) is 20.0. The van der Waals surface area contributed by atoms with Gasteiger partial charge in [-0.1, -0.05) is 47.6 Å². The molecule has 0 aliphatic heterocycles. The van der Waals surface area contributed by atoms with Crippen LogP contribution in [0.25, 0.3) is 0 Å². The van der Waals surface area contributed by atoms with Gasteiger partial charge in [0.05, 0.1) is 26.8 Å². The smallest absolute Gasteiger partial charge is 0.319 e. The Labute approximate surface area is 171 Å². The van der Waals surface area contributed by atoms with Crippen molar-refractivity contribution >= 4 is 52.2 Å². The van der Waals surface area contributed by atoms with Crippen LogP contribution in [0.1, 0.15) is 25.7 Å². The first-order chi connectivity index (χ1) is 12.9. The standard InChI is InChI=1S/C18H18Cl3FN4O/c19-11-6-5-10(7-14(11)22)24-18(27)26-16-4-2-1-3-15(16)25-17-12(20)8-23-9-13(17)21/h5-9,15-16H,1-4H2,(H,23,25)(H2,24,26,27)/t15-,16-/m1/s1. The van der Waals surface area contributed by atoms with Crippen molar-refractivity contribution in [3.05, 3.63) is 51.5 Å². The van der Waals surface area contributed by atoms with E-state index in [2.05, 4.69) is 20.9 Å². The molecule has 1 aliphatic carbocycles. The zero-order chi connectivity index (χ0) is 19.4. The van der Waals surface area contributed by atoms with Gasteiger partial charge in [-0.2, -0.15) is 0 Å². The summed E-state index contributed by atoms with van der Waals surface area (Å²) >= 11 is 18.0. The maximum absolute atomic E-state index is 13.5. The average molecular weight is 432 g/mol. The first-order valence-corrected chi connectivity index (χ1v) is 9.65. The van der Waals surface area contributed by atoms with Crippen molar-refractivity contribution in [1.82, 2.24) is 10.3 Å². The molecule has 1 heterocycles. The molecule has 0 spiro atoms. The van der Waals surface area contributed by atoms with Crippen molar-refractivity contribution < 1.29 is 9.18 Å². The van der Waals surface area contributed by atoms with Gasteiger partial charge in [-0.3, -0.25) is 4.98 Å². The minimum absolute atomic E-state index is 0.00334. The molecule has 1 aromatic carbocycles. The van der Waals surface area contributed by atoms with Crippen molar-refractivity contribution in [3.63, 3.8) is 0 Å². The van der Waals surface area contributed by atoms with Crippen LogP contribution in [0.2, 0.25) is 15.1 Å². The summed E-state index contributed by atoms with van der Waals surface area (Å²) in [5, 5.41) is 9.75. The Balaban J connectivity index is 1.66. The largest absolute Gasteiger partial charge is 0.378 e. The molecule has 5 nitrogen and oxygen atoms in total. The monoisotopic (exact) mass is 430 g/mol. The maximum atomic E-state index is 13.5. The topological polar surface area (TPSA) is 66.1 Å². The van der Waals surface area contributed by atoms with Crippen molar-refractivity contribution in [2.24, 2.45) is 0 Å². The van der Waals surface area contributed by atoms with Crippen LogP contribution in [0.4, 0.5) is 20.6 Å². The normalized spacial score (nSPS) is 19.4. The molecule has 0 radical (unpaired) electrons. The number of halogens is 4. The molecule has 2 amide bonds. The number of rotatable bonds is 4. The number of pyridine rings is 1. The molecule has 0 unspecified atom stereocenters. The molecule has 2 atom stereocenters. The molecule has 9 heteroatoms. The van der Waals surface area contributed by atoms with Gasteiger partial charge in [0.1, 0.15) is 5.82 Å². The van der Waals surface area contributed by atoms with Crippen LogP contribution < -0.4 is 16.0 Å².